The van der Waals surface area contributed by atoms with Crippen LogP contribution in [0.25, 0.3) is 10.9 Å². The first-order valence-corrected chi connectivity index (χ1v) is 9.84. The van der Waals surface area contributed by atoms with E-state index in [-0.39, 0.29) is 12.2 Å². The van der Waals surface area contributed by atoms with Crippen molar-refractivity contribution >= 4 is 27.2 Å². The Hall–Kier alpha value is -3.37. The molecule has 0 atom stereocenters. The van der Waals surface area contributed by atoms with E-state index in [0.717, 1.165) is 16.5 Å². The van der Waals surface area contributed by atoms with E-state index in [1.165, 1.54) is 12.1 Å². The largest absolute Gasteiger partial charge is 0.394 e. The van der Waals surface area contributed by atoms with Gasteiger partial charge in [-0.1, -0.05) is 6.07 Å². The molecule has 2 aromatic heterocycles. The number of rotatable bonds is 2. The Morgan fingerprint density at radius 3 is 2.63 bits per heavy atom. The standard InChI is InChI=1S/C18H13FN4O2.H2O4S/c19-13-2-1-11(12(7-13)8-20)10-22-5-3-14-15-4-6-23(25)18(24)17(15)21-9-16(14)22;1-5(2,3)4/h1-3,5,7,9,25H,4,6,10H2;(H2,1,2,3,4). The minimum atomic E-state index is -4.67. The fourth-order valence-corrected chi connectivity index (χ4v) is 3.21. The van der Waals surface area contributed by atoms with E-state index in [4.69, 9.17) is 17.5 Å². The summed E-state index contributed by atoms with van der Waals surface area (Å²) in [6.45, 7) is 0.627. The van der Waals surface area contributed by atoms with Gasteiger partial charge in [0.05, 0.1) is 29.9 Å². The van der Waals surface area contributed by atoms with E-state index in [1.54, 1.807) is 12.3 Å². The van der Waals surface area contributed by atoms with Crippen LogP contribution in [0.15, 0.2) is 36.7 Å². The molecule has 0 fully saturated rings. The zero-order valence-corrected chi connectivity index (χ0v) is 16.0. The molecule has 0 aliphatic carbocycles. The molecule has 30 heavy (non-hydrogen) atoms. The van der Waals surface area contributed by atoms with E-state index >= 15 is 0 Å². The minimum absolute atomic E-state index is 0.231. The summed E-state index contributed by atoms with van der Waals surface area (Å²) < 4.78 is 46.8. The fraction of sp³-hybridized carbons (Fsp3) is 0.167. The number of nitriles is 1. The van der Waals surface area contributed by atoms with Crippen molar-refractivity contribution in [2.75, 3.05) is 6.54 Å². The number of hydrogen-bond donors (Lipinski definition) is 3. The third kappa shape index (κ3) is 4.61. The zero-order chi connectivity index (χ0) is 22.1. The summed E-state index contributed by atoms with van der Waals surface area (Å²) in [5.41, 5.74) is 2.89. The Labute approximate surface area is 169 Å². The molecule has 1 aliphatic heterocycles. The molecule has 3 aromatic rings. The van der Waals surface area contributed by atoms with Crippen molar-refractivity contribution < 1.29 is 31.9 Å². The van der Waals surface area contributed by atoms with Crippen LogP contribution in [0.4, 0.5) is 4.39 Å². The first kappa shape index (κ1) is 21.3. The normalized spacial score (nSPS) is 13.4. The monoisotopic (exact) mass is 434 g/mol. The Balaban J connectivity index is 0.000000461. The maximum Gasteiger partial charge on any atom is 0.394 e. The van der Waals surface area contributed by atoms with Crippen LogP contribution in [0, 0.1) is 17.1 Å². The van der Waals surface area contributed by atoms with Crippen molar-refractivity contribution in [3.63, 3.8) is 0 Å². The predicted molar refractivity (Wildman–Crippen MR) is 101 cm³/mol. The van der Waals surface area contributed by atoms with Crippen molar-refractivity contribution in [2.24, 2.45) is 0 Å². The number of hydroxylamine groups is 2. The van der Waals surface area contributed by atoms with Gasteiger partial charge < -0.3 is 4.57 Å². The lowest BCUT2D eigenvalue weighted by molar-refractivity contribution is -0.0606. The second-order valence-electron chi connectivity index (χ2n) is 6.37. The smallest absolute Gasteiger partial charge is 0.342 e. The minimum Gasteiger partial charge on any atom is -0.342 e. The predicted octanol–water partition coefficient (Wildman–Crippen LogP) is 1.83. The van der Waals surface area contributed by atoms with E-state index in [0.29, 0.717) is 29.2 Å². The SMILES string of the molecule is N#Cc1cc(F)ccc1Cn1ccc2c3c(ncc21)C(=O)N(O)CC3.O=S(=O)(O)O. The van der Waals surface area contributed by atoms with Gasteiger partial charge in [0.1, 0.15) is 11.5 Å². The van der Waals surface area contributed by atoms with Crippen LogP contribution in [-0.4, -0.2) is 49.8 Å². The van der Waals surface area contributed by atoms with Gasteiger partial charge in [0.2, 0.25) is 0 Å². The van der Waals surface area contributed by atoms with Crippen LogP contribution >= 0.6 is 0 Å². The van der Waals surface area contributed by atoms with Crippen molar-refractivity contribution in [3.8, 4) is 6.07 Å². The molecular weight excluding hydrogens is 419 g/mol. The molecule has 1 amide bonds. The summed E-state index contributed by atoms with van der Waals surface area (Å²) in [6.07, 6.45) is 3.96. The van der Waals surface area contributed by atoms with Crippen LogP contribution in [0.2, 0.25) is 0 Å². The highest BCUT2D eigenvalue weighted by molar-refractivity contribution is 7.79. The zero-order valence-electron chi connectivity index (χ0n) is 15.2. The third-order valence-corrected chi connectivity index (χ3v) is 4.48. The summed E-state index contributed by atoms with van der Waals surface area (Å²) >= 11 is 0. The molecule has 10 nitrogen and oxygen atoms in total. The number of carbonyl (C=O) groups is 1. The molecule has 0 spiro atoms. The van der Waals surface area contributed by atoms with Crippen LogP contribution in [-0.2, 0) is 23.4 Å². The van der Waals surface area contributed by atoms with Crippen molar-refractivity contribution in [3.05, 3.63) is 64.9 Å². The molecular formula is C18H15FN4O6S. The van der Waals surface area contributed by atoms with Crippen LogP contribution < -0.4 is 0 Å². The van der Waals surface area contributed by atoms with E-state index in [1.807, 2.05) is 22.9 Å². The summed E-state index contributed by atoms with van der Waals surface area (Å²) in [5, 5.41) is 20.3. The number of benzene rings is 1. The molecule has 1 aliphatic rings. The fourth-order valence-electron chi connectivity index (χ4n) is 3.21. The average molecular weight is 434 g/mol. The Morgan fingerprint density at radius 2 is 1.97 bits per heavy atom. The number of hydrogen-bond acceptors (Lipinski definition) is 6. The summed E-state index contributed by atoms with van der Waals surface area (Å²) in [6, 6.07) is 8.05. The first-order valence-electron chi connectivity index (χ1n) is 8.44. The quantitative estimate of drug-likeness (QED) is 0.407. The van der Waals surface area contributed by atoms with Gasteiger partial charge in [-0.2, -0.15) is 13.7 Å². The number of amides is 1. The Morgan fingerprint density at radius 1 is 1.27 bits per heavy atom. The van der Waals surface area contributed by atoms with Crippen LogP contribution in [0.1, 0.15) is 27.2 Å². The second kappa shape index (κ2) is 8.17. The van der Waals surface area contributed by atoms with Gasteiger partial charge in [-0.15, -0.1) is 0 Å². The maximum atomic E-state index is 13.3. The number of halogens is 1. The third-order valence-electron chi connectivity index (χ3n) is 4.48. The van der Waals surface area contributed by atoms with E-state index in [9.17, 15) is 19.7 Å². The molecule has 0 bridgehead atoms. The van der Waals surface area contributed by atoms with Crippen molar-refractivity contribution in [1.29, 1.82) is 5.26 Å². The lowest BCUT2D eigenvalue weighted by Gasteiger charge is -2.22. The van der Waals surface area contributed by atoms with E-state index < -0.39 is 22.1 Å². The topological polar surface area (TPSA) is 157 Å². The van der Waals surface area contributed by atoms with E-state index in [2.05, 4.69) is 4.98 Å². The molecule has 0 saturated heterocycles. The molecule has 0 unspecified atom stereocenters. The number of fused-ring (bicyclic) bond motifs is 3. The van der Waals surface area contributed by atoms with Gasteiger partial charge in [-0.25, -0.2) is 14.4 Å². The summed E-state index contributed by atoms with van der Waals surface area (Å²) in [4.78, 5) is 16.2. The number of nitrogens with zero attached hydrogens (tertiary/aromatic N) is 4. The molecule has 0 radical (unpaired) electrons. The first-order chi connectivity index (χ1) is 14.1. The second-order valence-corrected chi connectivity index (χ2v) is 7.26. The van der Waals surface area contributed by atoms with Gasteiger partial charge in [-0.3, -0.25) is 19.1 Å². The van der Waals surface area contributed by atoms with Crippen molar-refractivity contribution in [2.45, 2.75) is 13.0 Å². The molecule has 3 heterocycles. The highest BCUT2D eigenvalue weighted by atomic mass is 32.3. The van der Waals surface area contributed by atoms with Crippen LogP contribution in [0.3, 0.4) is 0 Å². The number of aromatic nitrogens is 2. The van der Waals surface area contributed by atoms with Gasteiger partial charge in [0.15, 0.2) is 0 Å². The van der Waals surface area contributed by atoms with Gasteiger partial charge in [-0.05, 0) is 35.7 Å². The molecule has 3 N–H and O–H groups in total. The maximum absolute atomic E-state index is 13.3. The van der Waals surface area contributed by atoms with Gasteiger partial charge in [0, 0.05) is 18.1 Å². The molecule has 0 saturated carbocycles. The average Bonchev–Trinajstić information content (AvgIpc) is 3.08. The Kier molecular flexibility index (Phi) is 5.81. The highest BCUT2D eigenvalue weighted by Crippen LogP contribution is 2.27. The van der Waals surface area contributed by atoms with Gasteiger partial charge in [0.25, 0.3) is 5.91 Å². The van der Waals surface area contributed by atoms with Crippen LogP contribution in [0.5, 0.6) is 0 Å². The summed E-state index contributed by atoms with van der Waals surface area (Å²) in [7, 11) is -4.67. The molecule has 12 heteroatoms. The highest BCUT2D eigenvalue weighted by Gasteiger charge is 2.26. The number of carbonyl (C=O) groups excluding carboxylic acids is 1. The molecule has 1 aromatic carbocycles. The lowest BCUT2D eigenvalue weighted by Crippen LogP contribution is -2.35. The number of pyridine rings is 1. The molecule has 156 valence electrons. The Bertz CT molecular complexity index is 1270. The van der Waals surface area contributed by atoms with Crippen molar-refractivity contribution in [1.82, 2.24) is 14.6 Å². The van der Waals surface area contributed by atoms with Gasteiger partial charge >= 0.3 is 10.4 Å². The lowest BCUT2D eigenvalue weighted by atomic mass is 10.0. The molecule has 4 rings (SSSR count). The summed E-state index contributed by atoms with van der Waals surface area (Å²) in [5.74, 6) is -0.943.